The molecule has 0 unspecified atom stereocenters. The Kier molecular flexibility index (Phi) is 16.3. The van der Waals surface area contributed by atoms with Crippen LogP contribution in [0, 0.1) is 0 Å². The van der Waals surface area contributed by atoms with Crippen molar-refractivity contribution in [3.8, 4) is 0 Å². The molecule has 210 valence electrons. The van der Waals surface area contributed by atoms with Crippen molar-refractivity contribution in [3.63, 3.8) is 0 Å². The Balaban J connectivity index is 0.000000268. The third-order valence-electron chi connectivity index (χ3n) is 6.02. The van der Waals surface area contributed by atoms with Gasteiger partial charge in [0.2, 0.25) is 0 Å². The van der Waals surface area contributed by atoms with Crippen molar-refractivity contribution >= 4 is 70.9 Å². The van der Waals surface area contributed by atoms with Gasteiger partial charge in [-0.15, -0.1) is 22.2 Å². The van der Waals surface area contributed by atoms with E-state index in [4.69, 9.17) is 23.2 Å². The zero-order chi connectivity index (χ0) is 26.2. The molecule has 0 radical (unpaired) electrons. The molecule has 0 saturated heterocycles. The first-order valence-electron chi connectivity index (χ1n) is 12.4. The molecule has 0 nitrogen and oxygen atoms in total. The summed E-state index contributed by atoms with van der Waals surface area (Å²) in [6, 6.07) is 55.1. The first kappa shape index (κ1) is 36.1. The van der Waals surface area contributed by atoms with Gasteiger partial charge in [0, 0.05) is 0 Å². The van der Waals surface area contributed by atoms with Gasteiger partial charge in [0.1, 0.15) is 0 Å². The molecule has 0 aliphatic carbocycles. The van der Waals surface area contributed by atoms with Crippen molar-refractivity contribution in [2.45, 2.75) is 0 Å². The van der Waals surface area contributed by atoms with E-state index in [9.17, 15) is 0 Å². The second-order valence-corrected chi connectivity index (χ2v) is 13.7. The Morgan fingerprint density at radius 2 is 0.756 bits per heavy atom. The van der Waals surface area contributed by atoms with Gasteiger partial charge in [0.15, 0.2) is 0 Å². The van der Waals surface area contributed by atoms with Crippen molar-refractivity contribution < 1.29 is 57.9 Å². The molecule has 0 amide bonds. The van der Waals surface area contributed by atoms with E-state index < -0.39 is 15.8 Å². The van der Waals surface area contributed by atoms with Gasteiger partial charge in [-0.05, 0) is 21.2 Å². The van der Waals surface area contributed by atoms with E-state index in [2.05, 4.69) is 133 Å². The van der Waals surface area contributed by atoms with E-state index in [-0.39, 0.29) is 57.9 Å². The number of halogens is 2. The van der Waals surface area contributed by atoms with E-state index in [1.54, 1.807) is 0 Å². The predicted octanol–water partition coefficient (Wildman–Crippen LogP) is 7.63. The van der Waals surface area contributed by atoms with Gasteiger partial charge < -0.3 is 0 Å². The van der Waals surface area contributed by atoms with Crippen LogP contribution in [0.4, 0.5) is 0 Å². The average molecular weight is 836 g/mol. The molecular weight excluding hydrogens is 810 g/mol. The summed E-state index contributed by atoms with van der Waals surface area (Å²) in [5, 5.41) is 9.20. The van der Waals surface area contributed by atoms with Crippen LogP contribution in [0.15, 0.2) is 158 Å². The summed E-state index contributed by atoms with van der Waals surface area (Å²) >= 11 is 12.5. The van der Waals surface area contributed by atoms with E-state index in [0.29, 0.717) is 10.0 Å². The van der Waals surface area contributed by atoms with Crippen molar-refractivity contribution in [1.29, 1.82) is 0 Å². The first-order chi connectivity index (χ1) is 18.7. The molecule has 6 aromatic rings. The van der Waals surface area contributed by atoms with Crippen molar-refractivity contribution in [1.82, 2.24) is 0 Å². The minimum Gasteiger partial charge on any atom is -0.213 e. The summed E-state index contributed by atoms with van der Waals surface area (Å²) in [6.45, 7) is 0. The molecule has 0 aromatic heterocycles. The second-order valence-electron chi connectivity index (χ2n) is 8.54. The van der Waals surface area contributed by atoms with Gasteiger partial charge >= 0.3 is 57.9 Å². The van der Waals surface area contributed by atoms with Crippen LogP contribution in [0.2, 0.25) is 10.0 Å². The van der Waals surface area contributed by atoms with Gasteiger partial charge in [-0.25, -0.2) is 12.1 Å². The molecule has 0 aliphatic heterocycles. The van der Waals surface area contributed by atoms with E-state index >= 15 is 0 Å². The molecule has 6 rings (SSSR count). The van der Waals surface area contributed by atoms with Gasteiger partial charge in [-0.1, -0.05) is 147 Å². The molecule has 6 aromatic carbocycles. The predicted molar refractivity (Wildman–Crippen MR) is 172 cm³/mol. The van der Waals surface area contributed by atoms with Crippen LogP contribution < -0.4 is 31.8 Å². The molecule has 7 heteroatoms. The number of hydrogen-bond acceptors (Lipinski definition) is 0. The molecule has 0 saturated carbocycles. The second kappa shape index (κ2) is 18.5. The fraction of sp³-hybridized carbons (Fsp3) is 0. The fourth-order valence-corrected chi connectivity index (χ4v) is 9.54. The Morgan fingerprint density at radius 3 is 1.07 bits per heavy atom. The number of hydrogen-bond donors (Lipinski definition) is 0. The summed E-state index contributed by atoms with van der Waals surface area (Å²) in [7, 11) is -1.07. The molecule has 41 heavy (non-hydrogen) atoms. The summed E-state index contributed by atoms with van der Waals surface area (Å²) < 4.78 is 0. The van der Waals surface area contributed by atoms with Crippen LogP contribution in [-0.4, -0.2) is 0 Å². The number of benzene rings is 4. The Morgan fingerprint density at radius 1 is 0.415 bits per heavy atom. The third kappa shape index (κ3) is 9.42. The summed E-state index contributed by atoms with van der Waals surface area (Å²) in [5.74, 6) is 0. The molecule has 0 aliphatic rings. The molecule has 0 spiro atoms. The first-order valence-corrected chi connectivity index (χ1v) is 15.8. The molecule has 0 fully saturated rings. The van der Waals surface area contributed by atoms with Crippen LogP contribution in [0.5, 0.6) is 0 Å². The van der Waals surface area contributed by atoms with E-state index in [0.717, 1.165) is 5.30 Å². The summed E-state index contributed by atoms with van der Waals surface area (Å²) in [6.07, 6.45) is 0. The number of rotatable bonds is 6. The van der Waals surface area contributed by atoms with Crippen molar-refractivity contribution in [3.05, 3.63) is 168 Å². The largest absolute Gasteiger partial charge is 2.00 e. The van der Waals surface area contributed by atoms with E-state index in [1.165, 1.54) is 26.5 Å². The topological polar surface area (TPSA) is 0 Å². The van der Waals surface area contributed by atoms with Gasteiger partial charge in [-0.3, -0.25) is 0 Å². The zero-order valence-electron chi connectivity index (χ0n) is 21.6. The van der Waals surface area contributed by atoms with Gasteiger partial charge in [-0.2, -0.15) is 35.9 Å². The monoisotopic (exact) mass is 834 g/mol. The smallest absolute Gasteiger partial charge is 0.213 e. The Labute approximate surface area is 293 Å². The van der Waals surface area contributed by atoms with Crippen LogP contribution >= 0.6 is 39.0 Å². The fourth-order valence-electron chi connectivity index (χ4n) is 4.29. The maximum absolute atomic E-state index is 6.39. The summed E-state index contributed by atoms with van der Waals surface area (Å²) in [5.41, 5.74) is 0. The Hall–Kier alpha value is -1.14. The minimum absolute atomic E-state index is 0. The normalized spacial score (nSPS) is 10.0. The average Bonchev–Trinajstić information content (AvgIpc) is 3.63. The summed E-state index contributed by atoms with van der Waals surface area (Å²) in [4.78, 5) is 0. The van der Waals surface area contributed by atoms with Crippen molar-refractivity contribution in [2.24, 2.45) is 0 Å². The molecule has 0 N–H and O–H groups in total. The minimum atomic E-state index is -0.662. The zero-order valence-corrected chi connectivity index (χ0v) is 29.2. The van der Waals surface area contributed by atoms with Crippen LogP contribution in [-0.2, 0) is 57.9 Å². The van der Waals surface area contributed by atoms with Crippen LogP contribution in [0.3, 0.4) is 0 Å². The molecule has 0 atom stereocenters. The van der Waals surface area contributed by atoms with E-state index in [1.807, 2.05) is 24.3 Å². The Bertz CT molecular complexity index is 1450. The SMILES string of the molecule is Clc1cc[c-](P(c2ccccc2)c2ccccc2)c1Cl.[Fe+2].[Pd+2].[Pd+2].c1ccc(P(c2ccccc2)[c-]2cccc2)cc1. The maximum Gasteiger partial charge on any atom is 2.00 e. The van der Waals surface area contributed by atoms with Crippen LogP contribution in [0.1, 0.15) is 0 Å². The quantitative estimate of drug-likeness (QED) is 0.0921. The molecular formula is C34H26Cl2FeP2Pd2+4. The van der Waals surface area contributed by atoms with Gasteiger partial charge in [0.25, 0.3) is 0 Å². The standard InChI is InChI=1S/C17H12Cl2P.C17H14P.Fe.2Pd/c18-15-11-12-16(17(15)19)20(13-7-3-1-4-8-13)14-9-5-2-6-10-14;1-3-9-15(10-4-1)18(17-13-7-8-14-17)16-11-5-2-6-12-16;;;/h1-12H;1-14H;;;/q2*-1;3*+2. The van der Waals surface area contributed by atoms with Gasteiger partial charge in [0.05, 0.1) is 0 Å². The third-order valence-corrected chi connectivity index (χ3v) is 11.9. The molecule has 0 bridgehead atoms. The van der Waals surface area contributed by atoms with Crippen molar-refractivity contribution in [2.75, 3.05) is 0 Å². The molecule has 0 heterocycles. The maximum atomic E-state index is 6.39. The van der Waals surface area contributed by atoms with Crippen LogP contribution in [0.25, 0.3) is 0 Å².